The summed E-state index contributed by atoms with van der Waals surface area (Å²) in [5, 5.41) is 0. The fourth-order valence-corrected chi connectivity index (χ4v) is 1.18. The van der Waals surface area contributed by atoms with E-state index in [1.54, 1.807) is 27.7 Å². The van der Waals surface area contributed by atoms with Gasteiger partial charge in [0.25, 0.3) is 0 Å². The summed E-state index contributed by atoms with van der Waals surface area (Å²) in [7, 11) is 0. The summed E-state index contributed by atoms with van der Waals surface area (Å²) in [4.78, 5) is 23.1. The van der Waals surface area contributed by atoms with Crippen molar-refractivity contribution in [2.75, 3.05) is 0 Å². The molecule has 0 aromatic heterocycles. The SMILES string of the molecule is CC(C)OC(=O)C(C(=O)OC(C)C)=C(S)S.[NaH].[NaH]. The monoisotopic (exact) mass is 312 g/mol. The van der Waals surface area contributed by atoms with Crippen LogP contribution in [0.1, 0.15) is 27.7 Å². The van der Waals surface area contributed by atoms with E-state index in [0.29, 0.717) is 0 Å². The first-order valence-corrected chi connectivity index (χ1v) is 5.69. The Bertz CT molecular complexity index is 289. The molecule has 4 nitrogen and oxygen atoms in total. The molecule has 0 heterocycles. The molecule has 0 bridgehead atoms. The zero-order valence-corrected chi connectivity index (χ0v) is 11.5. The molecule has 96 valence electrons. The molecule has 0 saturated carbocycles. The van der Waals surface area contributed by atoms with E-state index < -0.39 is 11.9 Å². The van der Waals surface area contributed by atoms with Crippen molar-refractivity contribution < 1.29 is 19.1 Å². The van der Waals surface area contributed by atoms with Crippen molar-refractivity contribution in [3.05, 3.63) is 9.81 Å². The molecule has 0 atom stereocenters. The topological polar surface area (TPSA) is 52.6 Å². The molecule has 8 heteroatoms. The van der Waals surface area contributed by atoms with E-state index in [2.05, 4.69) is 25.3 Å². The summed E-state index contributed by atoms with van der Waals surface area (Å²) in [5.41, 5.74) is -0.283. The van der Waals surface area contributed by atoms with Crippen molar-refractivity contribution in [3.8, 4) is 0 Å². The second-order valence-electron chi connectivity index (χ2n) is 3.61. The van der Waals surface area contributed by atoms with Gasteiger partial charge in [0.15, 0.2) is 5.57 Å². The summed E-state index contributed by atoms with van der Waals surface area (Å²) < 4.78 is 9.74. The molecule has 18 heavy (non-hydrogen) atoms. The van der Waals surface area contributed by atoms with Gasteiger partial charge in [0, 0.05) is 0 Å². The van der Waals surface area contributed by atoms with Crippen LogP contribution in [0.25, 0.3) is 0 Å². The Morgan fingerprint density at radius 1 is 0.833 bits per heavy atom. The Morgan fingerprint density at radius 2 is 1.11 bits per heavy atom. The molecule has 0 radical (unpaired) electrons. The minimum absolute atomic E-state index is 0. The Kier molecular flexibility index (Phi) is 16.5. The van der Waals surface area contributed by atoms with Gasteiger partial charge in [-0.2, -0.15) is 0 Å². The Labute approximate surface area is 163 Å². The van der Waals surface area contributed by atoms with Gasteiger partial charge in [-0.05, 0) is 27.7 Å². The Morgan fingerprint density at radius 3 is 1.28 bits per heavy atom. The van der Waals surface area contributed by atoms with Crippen molar-refractivity contribution in [1.29, 1.82) is 0 Å². The molecule has 0 aliphatic carbocycles. The fraction of sp³-hybridized carbons (Fsp3) is 0.600. The van der Waals surface area contributed by atoms with E-state index in [-0.39, 0.29) is 81.1 Å². The van der Waals surface area contributed by atoms with Gasteiger partial charge >= 0.3 is 71.1 Å². The predicted molar refractivity (Wildman–Crippen MR) is 81.8 cm³/mol. The van der Waals surface area contributed by atoms with Crippen LogP contribution in [-0.2, 0) is 19.1 Å². The van der Waals surface area contributed by atoms with E-state index in [9.17, 15) is 9.59 Å². The molecule has 0 aliphatic rings. The van der Waals surface area contributed by atoms with E-state index in [1.807, 2.05) is 0 Å². The van der Waals surface area contributed by atoms with Crippen LogP contribution < -0.4 is 0 Å². The van der Waals surface area contributed by atoms with Gasteiger partial charge in [-0.3, -0.25) is 0 Å². The van der Waals surface area contributed by atoms with Crippen LogP contribution in [-0.4, -0.2) is 83.3 Å². The van der Waals surface area contributed by atoms with Crippen LogP contribution in [0.2, 0.25) is 0 Å². The minimum atomic E-state index is -0.777. The maximum atomic E-state index is 11.5. The van der Waals surface area contributed by atoms with Crippen molar-refractivity contribution in [2.24, 2.45) is 0 Å². The number of carbonyl (C=O) groups is 2. The first kappa shape index (κ1) is 24.4. The summed E-state index contributed by atoms with van der Waals surface area (Å²) in [6.45, 7) is 6.72. The van der Waals surface area contributed by atoms with E-state index >= 15 is 0 Å². The van der Waals surface area contributed by atoms with Crippen LogP contribution in [0.5, 0.6) is 0 Å². The maximum absolute atomic E-state index is 11.5. The average Bonchev–Trinajstić information content (AvgIpc) is 1.98. The first-order valence-electron chi connectivity index (χ1n) is 4.79. The van der Waals surface area contributed by atoms with Crippen LogP contribution in [0.4, 0.5) is 0 Å². The summed E-state index contributed by atoms with van der Waals surface area (Å²) in [6.07, 6.45) is -0.647. The number of hydrogen-bond donors (Lipinski definition) is 2. The Hall–Kier alpha value is 1.38. The predicted octanol–water partition coefficient (Wildman–Crippen LogP) is 0.664. The van der Waals surface area contributed by atoms with Crippen molar-refractivity contribution in [2.45, 2.75) is 39.9 Å². The summed E-state index contributed by atoms with van der Waals surface area (Å²) in [5.74, 6) is -1.55. The number of esters is 2. The second-order valence-corrected chi connectivity index (χ2v) is 4.85. The van der Waals surface area contributed by atoms with Gasteiger partial charge in [0.2, 0.25) is 0 Å². The van der Waals surface area contributed by atoms with Crippen LogP contribution in [0.3, 0.4) is 0 Å². The molecule has 0 spiro atoms. The standard InChI is InChI=1S/C10H16O4S2.2Na.2H/c1-5(2)13-8(11)7(10(15)16)9(12)14-6(3)4;;;;/h5-6,15-16H,1-4H3;;;;. The molecule has 0 fully saturated rings. The van der Waals surface area contributed by atoms with E-state index in [1.165, 1.54) is 0 Å². The normalized spacial score (nSPS) is 9.11. The van der Waals surface area contributed by atoms with Gasteiger partial charge in [-0.15, -0.1) is 25.3 Å². The molecular weight excluding hydrogens is 294 g/mol. The number of carbonyl (C=O) groups excluding carboxylic acids is 2. The molecule has 0 rings (SSSR count). The number of rotatable bonds is 4. The van der Waals surface area contributed by atoms with Gasteiger partial charge in [0.1, 0.15) is 0 Å². The zero-order valence-electron chi connectivity index (χ0n) is 9.68. The van der Waals surface area contributed by atoms with Crippen LogP contribution >= 0.6 is 25.3 Å². The third kappa shape index (κ3) is 10.2. The molecule has 0 N–H and O–H groups in total. The molecule has 0 aromatic carbocycles. The molecule has 0 amide bonds. The first-order chi connectivity index (χ1) is 7.25. The fourth-order valence-electron chi connectivity index (χ4n) is 0.812. The quantitative estimate of drug-likeness (QED) is 0.200. The summed E-state index contributed by atoms with van der Waals surface area (Å²) >= 11 is 7.72. The van der Waals surface area contributed by atoms with Gasteiger partial charge in [-0.1, -0.05) is 0 Å². The van der Waals surface area contributed by atoms with E-state index in [4.69, 9.17) is 9.47 Å². The van der Waals surface area contributed by atoms with Crippen molar-refractivity contribution in [3.63, 3.8) is 0 Å². The third-order valence-electron chi connectivity index (χ3n) is 1.32. The number of hydrogen-bond acceptors (Lipinski definition) is 6. The number of thiol groups is 2. The number of ether oxygens (including phenoxy) is 2. The molecular formula is C10H18Na2O4S2. The van der Waals surface area contributed by atoms with Crippen LogP contribution in [0.15, 0.2) is 9.81 Å². The molecule has 0 aromatic rings. The zero-order chi connectivity index (χ0) is 12.9. The average molecular weight is 312 g/mol. The van der Waals surface area contributed by atoms with E-state index in [0.717, 1.165) is 0 Å². The summed E-state index contributed by atoms with van der Waals surface area (Å²) in [6, 6.07) is 0. The van der Waals surface area contributed by atoms with Crippen LogP contribution in [0, 0.1) is 0 Å². The molecule has 0 aliphatic heterocycles. The van der Waals surface area contributed by atoms with Crippen molar-refractivity contribution in [1.82, 2.24) is 0 Å². The van der Waals surface area contributed by atoms with Crippen molar-refractivity contribution >= 4 is 96.3 Å². The molecule has 0 saturated heterocycles. The second kappa shape index (κ2) is 12.1. The van der Waals surface area contributed by atoms with Gasteiger partial charge in [-0.25, -0.2) is 9.59 Å². The Balaban J connectivity index is -0.00000112. The van der Waals surface area contributed by atoms with Gasteiger partial charge in [0.05, 0.1) is 16.4 Å². The third-order valence-corrected chi connectivity index (χ3v) is 1.76. The molecule has 0 unspecified atom stereocenters. The van der Waals surface area contributed by atoms with Gasteiger partial charge < -0.3 is 9.47 Å².